The normalized spacial score (nSPS) is 15.4. The Morgan fingerprint density at radius 2 is 0.827 bits per heavy atom. The molecule has 426 valence electrons. The van der Waals surface area contributed by atoms with E-state index in [1.54, 1.807) is 0 Å². The number of aliphatic hydroxyl groups is 2. The summed E-state index contributed by atoms with van der Waals surface area (Å²) < 4.78 is 23.6. The molecule has 4 unspecified atom stereocenters. The van der Waals surface area contributed by atoms with Crippen LogP contribution in [0.25, 0.3) is 0 Å². The third-order valence-corrected chi connectivity index (χ3v) is 13.1. The number of amides is 1. The van der Waals surface area contributed by atoms with Crippen molar-refractivity contribution in [3.05, 3.63) is 146 Å². The number of nitrogens with one attached hydrogen (secondary N) is 1. The zero-order chi connectivity index (χ0) is 55.0. The standard InChI is InChI=1S/C65H109N2O7P/c1-6-8-10-12-14-16-18-20-21-22-23-24-25-26-27-28-29-30-31-32-33-34-35-36-37-38-39-40-41-42-43-44-45-46-48-50-52-54-56-58-64(69)66-62(61-74-75(71,72)73-60-59-67(3,4)5)65(70)63(68)57-55-53-51-49-47-19-17-15-13-11-9-7-2/h8,10,14,16,20-21,23-24,26-27,29-30,32-33,35-36,38-39,41-42,44-45,49,51,62-63,65,68,70H,6-7,9,11-13,15,17-19,22,25,28,31,34,37,40,43,46-48,50,52-61H2,1-5H3,(H-,66,69,71,72)/p+1/b10-8-,16-14-,21-20-,24-23-,27-26-,30-29-,33-32-,36-35-,39-38-,42-41-,45-44-,51-49+. The molecular formula is C65H110N2O7P+. The number of hydrogen-bond donors (Lipinski definition) is 4. The van der Waals surface area contributed by atoms with Gasteiger partial charge in [0, 0.05) is 6.42 Å². The molecule has 0 rings (SSSR count). The van der Waals surface area contributed by atoms with Gasteiger partial charge in [-0.3, -0.25) is 13.8 Å². The Morgan fingerprint density at radius 1 is 0.480 bits per heavy atom. The Morgan fingerprint density at radius 3 is 1.23 bits per heavy atom. The minimum absolute atomic E-state index is 0.00436. The second-order valence-corrected chi connectivity index (χ2v) is 21.9. The van der Waals surface area contributed by atoms with Gasteiger partial charge in [0.2, 0.25) is 5.91 Å². The number of unbranched alkanes of at least 4 members (excludes halogenated alkanes) is 13. The molecule has 0 aromatic rings. The van der Waals surface area contributed by atoms with Crippen LogP contribution in [0, 0.1) is 0 Å². The van der Waals surface area contributed by atoms with Gasteiger partial charge in [-0.05, 0) is 122 Å². The number of rotatable bonds is 51. The van der Waals surface area contributed by atoms with Crippen LogP contribution in [0.15, 0.2) is 146 Å². The maximum Gasteiger partial charge on any atom is 0.472 e. The van der Waals surface area contributed by atoms with Gasteiger partial charge in [0.1, 0.15) is 19.3 Å². The molecule has 0 heterocycles. The molecule has 0 saturated heterocycles. The number of carbonyl (C=O) groups excluding carboxylic acids is 1. The molecule has 4 atom stereocenters. The van der Waals surface area contributed by atoms with Crippen LogP contribution < -0.4 is 5.32 Å². The summed E-state index contributed by atoms with van der Waals surface area (Å²) in [6.07, 6.45) is 79.4. The fraction of sp³-hybridized carbons (Fsp3) is 0.615. The SMILES string of the molecule is CC/C=C\C/C=C\C/C=C\C/C=C\C/C=C\C/C=C\C/C=C\C/C=C\C/C=C\C/C=C\C/C=C\CCCCCCCC(=O)NC(COP(=O)(O)OCC[N+](C)(C)C)C(O)C(O)CCC/C=C/CCCCCCCCC. The number of carbonyl (C=O) groups is 1. The molecule has 4 N–H and O–H groups in total. The largest absolute Gasteiger partial charge is 0.472 e. The first-order valence-electron chi connectivity index (χ1n) is 29.3. The van der Waals surface area contributed by atoms with Gasteiger partial charge >= 0.3 is 7.82 Å². The molecule has 0 aromatic carbocycles. The molecule has 1 amide bonds. The number of hydrogen-bond acceptors (Lipinski definition) is 6. The van der Waals surface area contributed by atoms with E-state index < -0.39 is 32.7 Å². The van der Waals surface area contributed by atoms with E-state index in [0.29, 0.717) is 30.3 Å². The van der Waals surface area contributed by atoms with Crippen LogP contribution in [-0.2, 0) is 18.4 Å². The van der Waals surface area contributed by atoms with Crippen LogP contribution in [0.2, 0.25) is 0 Å². The maximum absolute atomic E-state index is 13.0. The summed E-state index contributed by atoms with van der Waals surface area (Å²) >= 11 is 0. The Balaban J connectivity index is 4.26. The van der Waals surface area contributed by atoms with Crippen molar-refractivity contribution in [1.29, 1.82) is 0 Å². The number of quaternary nitrogens is 1. The van der Waals surface area contributed by atoms with Crippen molar-refractivity contribution in [2.24, 2.45) is 0 Å². The average Bonchev–Trinajstić information content (AvgIpc) is 3.37. The van der Waals surface area contributed by atoms with E-state index in [1.165, 1.54) is 44.9 Å². The highest BCUT2D eigenvalue weighted by molar-refractivity contribution is 7.47. The first-order chi connectivity index (χ1) is 36.4. The number of phosphoric ester groups is 1. The second kappa shape index (κ2) is 53.7. The zero-order valence-corrected chi connectivity index (χ0v) is 49.0. The van der Waals surface area contributed by atoms with Crippen molar-refractivity contribution in [3.63, 3.8) is 0 Å². The molecule has 0 aliphatic carbocycles. The van der Waals surface area contributed by atoms with Crippen molar-refractivity contribution in [1.82, 2.24) is 5.32 Å². The van der Waals surface area contributed by atoms with Crippen LogP contribution in [0.4, 0.5) is 0 Å². The number of allylic oxidation sites excluding steroid dienone is 24. The second-order valence-electron chi connectivity index (χ2n) is 20.4. The van der Waals surface area contributed by atoms with Gasteiger partial charge in [0.25, 0.3) is 0 Å². The van der Waals surface area contributed by atoms with Crippen molar-refractivity contribution < 1.29 is 38.0 Å². The van der Waals surface area contributed by atoms with E-state index in [2.05, 4.69) is 165 Å². The van der Waals surface area contributed by atoms with E-state index in [9.17, 15) is 24.5 Å². The van der Waals surface area contributed by atoms with Gasteiger partial charge in [-0.2, -0.15) is 0 Å². The molecule has 0 aliphatic heterocycles. The quantitative estimate of drug-likeness (QED) is 0.0207. The minimum Gasteiger partial charge on any atom is -0.390 e. The summed E-state index contributed by atoms with van der Waals surface area (Å²) in [6, 6.07) is -1.07. The van der Waals surface area contributed by atoms with Crippen LogP contribution in [0.1, 0.15) is 200 Å². The fourth-order valence-electron chi connectivity index (χ4n) is 7.56. The minimum atomic E-state index is -4.44. The third kappa shape index (κ3) is 54.9. The Hall–Kier alpha value is -3.66. The molecule has 0 aromatic heterocycles. The summed E-state index contributed by atoms with van der Waals surface area (Å²) in [5, 5.41) is 24.7. The monoisotopic (exact) mass is 1060 g/mol. The topological polar surface area (TPSA) is 125 Å². The first kappa shape index (κ1) is 71.3. The molecule has 0 saturated carbocycles. The van der Waals surface area contributed by atoms with Crippen LogP contribution in [-0.4, -0.2) is 84.6 Å². The van der Waals surface area contributed by atoms with E-state index >= 15 is 0 Å². The van der Waals surface area contributed by atoms with Crippen molar-refractivity contribution >= 4 is 13.7 Å². The van der Waals surface area contributed by atoms with Crippen molar-refractivity contribution in [2.45, 2.75) is 218 Å². The molecule has 0 bridgehead atoms. The van der Waals surface area contributed by atoms with Gasteiger partial charge in [-0.25, -0.2) is 4.57 Å². The van der Waals surface area contributed by atoms with E-state index in [4.69, 9.17) is 9.05 Å². The zero-order valence-electron chi connectivity index (χ0n) is 48.1. The first-order valence-corrected chi connectivity index (χ1v) is 30.8. The Labute approximate surface area is 460 Å². The van der Waals surface area contributed by atoms with Gasteiger partial charge < -0.3 is 24.9 Å². The molecule has 10 heteroatoms. The number of phosphoric acid groups is 1. The lowest BCUT2D eigenvalue weighted by atomic mass is 10.0. The predicted molar refractivity (Wildman–Crippen MR) is 323 cm³/mol. The lowest BCUT2D eigenvalue weighted by Gasteiger charge is -2.28. The smallest absolute Gasteiger partial charge is 0.390 e. The summed E-state index contributed by atoms with van der Waals surface area (Å²) in [5.74, 6) is -0.294. The molecule has 9 nitrogen and oxygen atoms in total. The highest BCUT2D eigenvalue weighted by Gasteiger charge is 2.31. The Bertz CT molecular complexity index is 1740. The lowest BCUT2D eigenvalue weighted by molar-refractivity contribution is -0.870. The van der Waals surface area contributed by atoms with Gasteiger partial charge in [-0.15, -0.1) is 0 Å². The summed E-state index contributed by atoms with van der Waals surface area (Å²) in [5.41, 5.74) is 0. The third-order valence-electron chi connectivity index (χ3n) is 12.2. The number of likely N-dealkylation sites (N-methyl/N-ethyl adjacent to an activating group) is 1. The molecule has 0 aliphatic rings. The average molecular weight is 1060 g/mol. The van der Waals surface area contributed by atoms with E-state index in [0.717, 1.165) is 116 Å². The van der Waals surface area contributed by atoms with Crippen LogP contribution in [0.3, 0.4) is 0 Å². The van der Waals surface area contributed by atoms with Crippen molar-refractivity contribution in [2.75, 3.05) is 40.9 Å². The lowest BCUT2D eigenvalue weighted by Crippen LogP contribution is -2.51. The van der Waals surface area contributed by atoms with Crippen molar-refractivity contribution in [3.8, 4) is 0 Å². The Kier molecular flexibility index (Phi) is 51.1. The van der Waals surface area contributed by atoms with Gasteiger partial charge in [0.15, 0.2) is 0 Å². The van der Waals surface area contributed by atoms with E-state index in [-0.39, 0.29) is 18.9 Å². The molecule has 0 spiro atoms. The number of nitrogens with zero attached hydrogens (tertiary/aromatic N) is 1. The molecular weight excluding hydrogens is 952 g/mol. The highest BCUT2D eigenvalue weighted by atomic mass is 31.2. The van der Waals surface area contributed by atoms with Gasteiger partial charge in [0.05, 0.1) is 39.9 Å². The van der Waals surface area contributed by atoms with E-state index in [1.807, 2.05) is 21.1 Å². The molecule has 75 heavy (non-hydrogen) atoms. The summed E-state index contributed by atoms with van der Waals surface area (Å²) in [4.78, 5) is 23.3. The summed E-state index contributed by atoms with van der Waals surface area (Å²) in [6.45, 7) is 4.42. The highest BCUT2D eigenvalue weighted by Crippen LogP contribution is 2.43. The van der Waals surface area contributed by atoms with Crippen LogP contribution >= 0.6 is 7.82 Å². The molecule has 0 radical (unpaired) electrons. The summed E-state index contributed by atoms with van der Waals surface area (Å²) in [7, 11) is 1.38. The van der Waals surface area contributed by atoms with Crippen LogP contribution in [0.5, 0.6) is 0 Å². The fourth-order valence-corrected chi connectivity index (χ4v) is 8.29. The molecule has 0 fully saturated rings. The maximum atomic E-state index is 13.0. The predicted octanol–water partition coefficient (Wildman–Crippen LogP) is 17.1. The van der Waals surface area contributed by atoms with Gasteiger partial charge in [-0.1, -0.05) is 217 Å². The number of aliphatic hydroxyl groups excluding tert-OH is 2.